The summed E-state index contributed by atoms with van der Waals surface area (Å²) < 4.78 is 20.0. The molecule has 1 saturated heterocycles. The maximum atomic E-state index is 14.7. The molecule has 2 atom stereocenters. The number of hydrogen-bond donors (Lipinski definition) is 1. The zero-order valence-corrected chi connectivity index (χ0v) is 12.7. The SMILES string of the molecule is CC(C)C1CN(C(=O)OC(C)(C)C)CCC1(F)CN. The standard InChI is InChI=1S/C14H27FN2O2/c1-10(2)11-8-17(7-6-14(11,15)9-16)12(18)19-13(3,4)5/h10-11H,6-9,16H2,1-5H3. The fourth-order valence-electron chi connectivity index (χ4n) is 2.55. The zero-order chi connectivity index (χ0) is 14.8. The van der Waals surface area contributed by atoms with E-state index in [0.717, 1.165) is 0 Å². The summed E-state index contributed by atoms with van der Waals surface area (Å²) >= 11 is 0. The van der Waals surface area contributed by atoms with Crippen LogP contribution in [0, 0.1) is 11.8 Å². The molecule has 2 unspecified atom stereocenters. The van der Waals surface area contributed by atoms with Gasteiger partial charge in [0.2, 0.25) is 0 Å². The van der Waals surface area contributed by atoms with Crippen LogP contribution in [-0.4, -0.2) is 41.9 Å². The van der Waals surface area contributed by atoms with Gasteiger partial charge in [-0.15, -0.1) is 0 Å². The summed E-state index contributed by atoms with van der Waals surface area (Å²) in [7, 11) is 0. The Hall–Kier alpha value is -0.840. The van der Waals surface area contributed by atoms with E-state index < -0.39 is 11.3 Å². The number of piperidine rings is 1. The summed E-state index contributed by atoms with van der Waals surface area (Å²) in [6, 6.07) is 0. The molecule has 0 aliphatic carbocycles. The lowest BCUT2D eigenvalue weighted by atomic mass is 9.76. The van der Waals surface area contributed by atoms with Crippen LogP contribution in [0.3, 0.4) is 0 Å². The molecular formula is C14H27FN2O2. The lowest BCUT2D eigenvalue weighted by Crippen LogP contribution is -2.56. The van der Waals surface area contributed by atoms with E-state index in [0.29, 0.717) is 13.1 Å². The molecule has 4 nitrogen and oxygen atoms in total. The van der Waals surface area contributed by atoms with Crippen LogP contribution in [0.25, 0.3) is 0 Å². The number of halogens is 1. The molecule has 112 valence electrons. The van der Waals surface area contributed by atoms with E-state index >= 15 is 0 Å². The number of rotatable bonds is 2. The number of hydrogen-bond acceptors (Lipinski definition) is 3. The van der Waals surface area contributed by atoms with E-state index in [4.69, 9.17) is 10.5 Å². The summed E-state index contributed by atoms with van der Waals surface area (Å²) in [5.74, 6) is -0.0995. The van der Waals surface area contributed by atoms with Gasteiger partial charge >= 0.3 is 6.09 Å². The largest absolute Gasteiger partial charge is 0.444 e. The van der Waals surface area contributed by atoms with Crippen LogP contribution in [-0.2, 0) is 4.74 Å². The minimum Gasteiger partial charge on any atom is -0.444 e. The van der Waals surface area contributed by atoms with Crippen molar-refractivity contribution in [3.8, 4) is 0 Å². The van der Waals surface area contributed by atoms with Crippen molar-refractivity contribution < 1.29 is 13.9 Å². The molecule has 19 heavy (non-hydrogen) atoms. The highest BCUT2D eigenvalue weighted by atomic mass is 19.1. The van der Waals surface area contributed by atoms with Gasteiger partial charge in [-0.3, -0.25) is 0 Å². The Bertz CT molecular complexity index is 328. The molecule has 1 heterocycles. The van der Waals surface area contributed by atoms with Gasteiger partial charge in [0, 0.05) is 32.0 Å². The van der Waals surface area contributed by atoms with Gasteiger partial charge in [0.1, 0.15) is 11.3 Å². The molecule has 1 amide bonds. The Labute approximate surface area is 115 Å². The van der Waals surface area contributed by atoms with Crippen molar-refractivity contribution in [2.24, 2.45) is 17.6 Å². The lowest BCUT2D eigenvalue weighted by Gasteiger charge is -2.44. The summed E-state index contributed by atoms with van der Waals surface area (Å²) in [6.07, 6.45) is -0.0804. The van der Waals surface area contributed by atoms with Crippen LogP contribution < -0.4 is 5.73 Å². The molecule has 2 N–H and O–H groups in total. The van der Waals surface area contributed by atoms with E-state index in [1.54, 1.807) is 4.90 Å². The van der Waals surface area contributed by atoms with Crippen molar-refractivity contribution in [2.75, 3.05) is 19.6 Å². The summed E-state index contributed by atoms with van der Waals surface area (Å²) in [4.78, 5) is 13.6. The normalized spacial score (nSPS) is 28.6. The third kappa shape index (κ3) is 4.06. The molecule has 0 saturated carbocycles. The van der Waals surface area contributed by atoms with Crippen molar-refractivity contribution in [1.29, 1.82) is 0 Å². The van der Waals surface area contributed by atoms with Crippen molar-refractivity contribution in [2.45, 2.75) is 52.3 Å². The minimum atomic E-state index is -1.37. The fraction of sp³-hybridized carbons (Fsp3) is 0.929. The van der Waals surface area contributed by atoms with Gasteiger partial charge in [0.15, 0.2) is 0 Å². The number of amides is 1. The lowest BCUT2D eigenvalue weighted by molar-refractivity contribution is -0.0332. The topological polar surface area (TPSA) is 55.6 Å². The summed E-state index contributed by atoms with van der Waals surface area (Å²) in [5, 5.41) is 0. The first-order valence-corrected chi connectivity index (χ1v) is 6.96. The second-order valence-corrected chi connectivity index (χ2v) is 6.77. The second kappa shape index (κ2) is 5.65. The summed E-state index contributed by atoms with van der Waals surface area (Å²) in [5.41, 5.74) is 3.69. The molecule has 0 spiro atoms. The highest BCUT2D eigenvalue weighted by molar-refractivity contribution is 5.68. The Morgan fingerprint density at radius 2 is 2.11 bits per heavy atom. The highest BCUT2D eigenvalue weighted by Crippen LogP contribution is 2.36. The number of likely N-dealkylation sites (tertiary alicyclic amines) is 1. The Morgan fingerprint density at radius 3 is 2.53 bits per heavy atom. The van der Waals surface area contributed by atoms with Crippen LogP contribution in [0.2, 0.25) is 0 Å². The van der Waals surface area contributed by atoms with Crippen LogP contribution >= 0.6 is 0 Å². The number of carbonyl (C=O) groups is 1. The van der Waals surface area contributed by atoms with Gasteiger partial charge in [-0.05, 0) is 26.7 Å². The number of carbonyl (C=O) groups excluding carboxylic acids is 1. The van der Waals surface area contributed by atoms with E-state index in [-0.39, 0.29) is 30.9 Å². The van der Waals surface area contributed by atoms with E-state index in [2.05, 4.69) is 0 Å². The molecule has 1 rings (SSSR count). The average molecular weight is 274 g/mol. The van der Waals surface area contributed by atoms with Gasteiger partial charge in [0.05, 0.1) is 0 Å². The number of ether oxygens (including phenoxy) is 1. The van der Waals surface area contributed by atoms with Gasteiger partial charge in [-0.1, -0.05) is 13.8 Å². The average Bonchev–Trinajstić information content (AvgIpc) is 2.26. The molecule has 5 heteroatoms. The first-order valence-electron chi connectivity index (χ1n) is 6.96. The number of nitrogens with two attached hydrogens (primary N) is 1. The summed E-state index contributed by atoms with van der Waals surface area (Å²) in [6.45, 7) is 10.2. The number of alkyl halides is 1. The molecular weight excluding hydrogens is 247 g/mol. The minimum absolute atomic E-state index is 0.0119. The monoisotopic (exact) mass is 274 g/mol. The van der Waals surface area contributed by atoms with E-state index in [9.17, 15) is 9.18 Å². The molecule has 0 aromatic carbocycles. The van der Waals surface area contributed by atoms with Gasteiger partial charge in [0.25, 0.3) is 0 Å². The third-order valence-electron chi connectivity index (χ3n) is 3.67. The molecule has 0 bridgehead atoms. The Balaban J connectivity index is 2.75. The molecule has 1 aliphatic heterocycles. The first-order chi connectivity index (χ1) is 8.59. The van der Waals surface area contributed by atoms with Crippen LogP contribution in [0.1, 0.15) is 41.0 Å². The highest BCUT2D eigenvalue weighted by Gasteiger charge is 2.45. The quantitative estimate of drug-likeness (QED) is 0.842. The van der Waals surface area contributed by atoms with Crippen molar-refractivity contribution >= 4 is 6.09 Å². The van der Waals surface area contributed by atoms with Gasteiger partial charge in [-0.2, -0.15) is 0 Å². The van der Waals surface area contributed by atoms with Gasteiger partial charge < -0.3 is 15.4 Å². The van der Waals surface area contributed by atoms with Gasteiger partial charge in [-0.25, -0.2) is 9.18 Å². The maximum absolute atomic E-state index is 14.7. The Morgan fingerprint density at radius 1 is 1.53 bits per heavy atom. The zero-order valence-electron chi connectivity index (χ0n) is 12.7. The molecule has 1 aliphatic rings. The van der Waals surface area contributed by atoms with Crippen molar-refractivity contribution in [3.05, 3.63) is 0 Å². The van der Waals surface area contributed by atoms with Crippen molar-refractivity contribution in [3.63, 3.8) is 0 Å². The van der Waals surface area contributed by atoms with E-state index in [1.165, 1.54) is 0 Å². The van der Waals surface area contributed by atoms with Crippen LogP contribution in [0.4, 0.5) is 9.18 Å². The number of nitrogens with zero attached hydrogens (tertiary/aromatic N) is 1. The predicted octanol–water partition coefficient (Wildman–Crippen LogP) is 2.57. The molecule has 0 radical (unpaired) electrons. The smallest absolute Gasteiger partial charge is 0.410 e. The molecule has 0 aromatic rings. The Kier molecular flexibility index (Phi) is 4.82. The van der Waals surface area contributed by atoms with Crippen LogP contribution in [0.15, 0.2) is 0 Å². The van der Waals surface area contributed by atoms with E-state index in [1.807, 2.05) is 34.6 Å². The van der Waals surface area contributed by atoms with Crippen LogP contribution in [0.5, 0.6) is 0 Å². The third-order valence-corrected chi connectivity index (χ3v) is 3.67. The van der Waals surface area contributed by atoms with Crippen molar-refractivity contribution in [1.82, 2.24) is 4.90 Å². The second-order valence-electron chi connectivity index (χ2n) is 6.77. The fourth-order valence-corrected chi connectivity index (χ4v) is 2.55. The predicted molar refractivity (Wildman–Crippen MR) is 73.6 cm³/mol. The molecule has 0 aromatic heterocycles. The molecule has 1 fully saturated rings. The maximum Gasteiger partial charge on any atom is 0.410 e. The first kappa shape index (κ1) is 16.2.